The van der Waals surface area contributed by atoms with E-state index in [0.717, 1.165) is 10.7 Å². The van der Waals surface area contributed by atoms with E-state index < -0.39 is 0 Å². The molecular formula is C10H11ClN4S. The Hall–Kier alpha value is -1.04. The van der Waals surface area contributed by atoms with Crippen LogP contribution in [-0.4, -0.2) is 21.7 Å². The monoisotopic (exact) mass is 254 g/mol. The standard InChI is InChI=1S/C10H11ClN4S/c11-8-3-1-2-7(4-8)9(5-12)16-10-13-6-14-15-10/h1-4,6,9H,5,12H2,(H,13,14,15). The fourth-order valence-electron chi connectivity index (χ4n) is 1.34. The highest BCUT2D eigenvalue weighted by atomic mass is 35.5. The Morgan fingerprint density at radius 1 is 1.50 bits per heavy atom. The molecule has 0 spiro atoms. The van der Waals surface area contributed by atoms with Crippen molar-refractivity contribution in [2.75, 3.05) is 6.54 Å². The van der Waals surface area contributed by atoms with Gasteiger partial charge in [0, 0.05) is 16.8 Å². The van der Waals surface area contributed by atoms with Gasteiger partial charge in [0.2, 0.25) is 0 Å². The van der Waals surface area contributed by atoms with Gasteiger partial charge in [0.15, 0.2) is 5.16 Å². The van der Waals surface area contributed by atoms with Crippen LogP contribution in [0.1, 0.15) is 10.8 Å². The number of aromatic nitrogens is 3. The molecule has 3 N–H and O–H groups in total. The van der Waals surface area contributed by atoms with Gasteiger partial charge in [-0.1, -0.05) is 35.5 Å². The first kappa shape index (κ1) is 11.4. The van der Waals surface area contributed by atoms with E-state index >= 15 is 0 Å². The van der Waals surface area contributed by atoms with E-state index in [4.69, 9.17) is 17.3 Å². The Morgan fingerprint density at radius 2 is 2.38 bits per heavy atom. The SMILES string of the molecule is NCC(Sc1ncn[nH]1)c1cccc(Cl)c1. The number of nitrogens with two attached hydrogens (primary N) is 1. The zero-order chi connectivity index (χ0) is 11.4. The predicted molar refractivity (Wildman–Crippen MR) is 65.5 cm³/mol. The average molecular weight is 255 g/mol. The summed E-state index contributed by atoms with van der Waals surface area (Å²) < 4.78 is 0. The van der Waals surface area contributed by atoms with Crippen LogP contribution in [0.5, 0.6) is 0 Å². The van der Waals surface area contributed by atoms with Crippen molar-refractivity contribution in [2.45, 2.75) is 10.4 Å². The molecule has 0 aliphatic rings. The number of benzene rings is 1. The Balaban J connectivity index is 2.16. The topological polar surface area (TPSA) is 67.6 Å². The molecule has 6 heteroatoms. The largest absolute Gasteiger partial charge is 0.329 e. The van der Waals surface area contributed by atoms with Crippen LogP contribution in [0.4, 0.5) is 0 Å². The Morgan fingerprint density at radius 3 is 3.00 bits per heavy atom. The molecule has 2 rings (SSSR count). The summed E-state index contributed by atoms with van der Waals surface area (Å²) in [5, 5.41) is 8.20. The van der Waals surface area contributed by atoms with Gasteiger partial charge in [0.05, 0.1) is 0 Å². The molecule has 0 aliphatic carbocycles. The summed E-state index contributed by atoms with van der Waals surface area (Å²) in [7, 11) is 0. The van der Waals surface area contributed by atoms with Crippen molar-refractivity contribution >= 4 is 23.4 Å². The van der Waals surface area contributed by atoms with Gasteiger partial charge in [-0.05, 0) is 17.7 Å². The van der Waals surface area contributed by atoms with Crippen molar-refractivity contribution in [1.29, 1.82) is 0 Å². The zero-order valence-corrected chi connectivity index (χ0v) is 10.0. The number of hydrogen-bond donors (Lipinski definition) is 2. The maximum Gasteiger partial charge on any atom is 0.184 e. The van der Waals surface area contributed by atoms with Gasteiger partial charge < -0.3 is 5.73 Å². The van der Waals surface area contributed by atoms with E-state index in [2.05, 4.69) is 15.2 Å². The van der Waals surface area contributed by atoms with E-state index in [1.807, 2.05) is 24.3 Å². The molecule has 2 aromatic rings. The first-order valence-electron chi connectivity index (χ1n) is 4.77. The normalized spacial score (nSPS) is 12.6. The zero-order valence-electron chi connectivity index (χ0n) is 8.43. The third-order valence-corrected chi connectivity index (χ3v) is 3.49. The van der Waals surface area contributed by atoms with Gasteiger partial charge in [-0.15, -0.1) is 0 Å². The first-order valence-corrected chi connectivity index (χ1v) is 6.03. The summed E-state index contributed by atoms with van der Waals surface area (Å²) in [4.78, 5) is 4.06. The summed E-state index contributed by atoms with van der Waals surface area (Å²) >= 11 is 7.49. The lowest BCUT2D eigenvalue weighted by molar-refractivity contribution is 0.914. The molecule has 0 radical (unpaired) electrons. The molecule has 1 heterocycles. The molecule has 4 nitrogen and oxygen atoms in total. The number of aromatic amines is 1. The molecule has 1 atom stereocenters. The van der Waals surface area contributed by atoms with Crippen molar-refractivity contribution in [3.05, 3.63) is 41.2 Å². The second-order valence-corrected chi connectivity index (χ2v) is 4.82. The molecule has 0 saturated heterocycles. The summed E-state index contributed by atoms with van der Waals surface area (Å²) in [6.07, 6.45) is 1.48. The van der Waals surface area contributed by atoms with Crippen LogP contribution in [0.25, 0.3) is 0 Å². The van der Waals surface area contributed by atoms with Gasteiger partial charge >= 0.3 is 0 Å². The van der Waals surface area contributed by atoms with Gasteiger partial charge in [0.25, 0.3) is 0 Å². The molecule has 0 amide bonds. The maximum atomic E-state index is 5.94. The number of H-pyrrole nitrogens is 1. The quantitative estimate of drug-likeness (QED) is 0.822. The van der Waals surface area contributed by atoms with Crippen LogP contribution in [0.15, 0.2) is 35.7 Å². The lowest BCUT2D eigenvalue weighted by Crippen LogP contribution is -2.09. The van der Waals surface area contributed by atoms with Gasteiger partial charge in [-0.3, -0.25) is 5.10 Å². The molecule has 16 heavy (non-hydrogen) atoms. The van der Waals surface area contributed by atoms with E-state index in [1.165, 1.54) is 6.33 Å². The van der Waals surface area contributed by atoms with E-state index in [1.54, 1.807) is 11.8 Å². The minimum absolute atomic E-state index is 0.131. The molecule has 0 fully saturated rings. The number of thioether (sulfide) groups is 1. The first-order chi connectivity index (χ1) is 7.79. The Bertz CT molecular complexity index is 446. The maximum absolute atomic E-state index is 5.94. The van der Waals surface area contributed by atoms with E-state index in [9.17, 15) is 0 Å². The number of hydrogen-bond acceptors (Lipinski definition) is 4. The minimum atomic E-state index is 0.131. The van der Waals surface area contributed by atoms with Crippen LogP contribution >= 0.6 is 23.4 Å². The van der Waals surface area contributed by atoms with Crippen LogP contribution in [-0.2, 0) is 0 Å². The summed E-state index contributed by atoms with van der Waals surface area (Å²) in [5.41, 5.74) is 6.84. The number of nitrogens with one attached hydrogen (secondary N) is 1. The van der Waals surface area contributed by atoms with E-state index in [0.29, 0.717) is 11.6 Å². The molecule has 84 valence electrons. The molecule has 0 bridgehead atoms. The minimum Gasteiger partial charge on any atom is -0.329 e. The molecular weight excluding hydrogens is 244 g/mol. The van der Waals surface area contributed by atoms with E-state index in [-0.39, 0.29) is 5.25 Å². The summed E-state index contributed by atoms with van der Waals surface area (Å²) in [6, 6.07) is 7.69. The molecule has 1 aromatic heterocycles. The van der Waals surface area contributed by atoms with Crippen LogP contribution in [0, 0.1) is 0 Å². The van der Waals surface area contributed by atoms with Crippen LogP contribution in [0.2, 0.25) is 5.02 Å². The third kappa shape index (κ3) is 2.75. The van der Waals surface area contributed by atoms with Crippen molar-refractivity contribution in [1.82, 2.24) is 15.2 Å². The van der Waals surface area contributed by atoms with Crippen LogP contribution in [0.3, 0.4) is 0 Å². The van der Waals surface area contributed by atoms with Gasteiger partial charge in [0.1, 0.15) is 6.33 Å². The fourth-order valence-corrected chi connectivity index (χ4v) is 2.41. The molecule has 0 saturated carbocycles. The highest BCUT2D eigenvalue weighted by Gasteiger charge is 2.13. The van der Waals surface area contributed by atoms with Gasteiger partial charge in [-0.2, -0.15) is 5.10 Å². The second kappa shape index (κ2) is 5.34. The van der Waals surface area contributed by atoms with Crippen LogP contribution < -0.4 is 5.73 Å². The predicted octanol–water partition coefficient (Wildman–Crippen LogP) is 2.25. The number of nitrogens with zero attached hydrogens (tertiary/aromatic N) is 2. The van der Waals surface area contributed by atoms with Crippen molar-refractivity contribution in [3.8, 4) is 0 Å². The van der Waals surface area contributed by atoms with Crippen molar-refractivity contribution in [3.63, 3.8) is 0 Å². The van der Waals surface area contributed by atoms with Crippen molar-refractivity contribution < 1.29 is 0 Å². The fraction of sp³-hybridized carbons (Fsp3) is 0.200. The lowest BCUT2D eigenvalue weighted by Gasteiger charge is -2.12. The Kier molecular flexibility index (Phi) is 3.82. The highest BCUT2D eigenvalue weighted by molar-refractivity contribution is 7.99. The highest BCUT2D eigenvalue weighted by Crippen LogP contribution is 2.32. The number of rotatable bonds is 4. The Labute approximate surface area is 103 Å². The molecule has 1 aromatic carbocycles. The van der Waals surface area contributed by atoms with Gasteiger partial charge in [-0.25, -0.2) is 4.98 Å². The number of halogens is 1. The summed E-state index contributed by atoms with van der Waals surface area (Å²) in [5.74, 6) is 0. The molecule has 1 unspecified atom stereocenters. The second-order valence-electron chi connectivity index (χ2n) is 3.19. The average Bonchev–Trinajstić information content (AvgIpc) is 2.78. The summed E-state index contributed by atoms with van der Waals surface area (Å²) in [6.45, 7) is 0.520. The van der Waals surface area contributed by atoms with Crippen molar-refractivity contribution in [2.24, 2.45) is 5.73 Å². The third-order valence-electron chi connectivity index (χ3n) is 2.08. The smallest absolute Gasteiger partial charge is 0.184 e. The lowest BCUT2D eigenvalue weighted by atomic mass is 10.1. The molecule has 0 aliphatic heterocycles.